The molecule has 19 heavy (non-hydrogen) atoms. The summed E-state index contributed by atoms with van der Waals surface area (Å²) >= 11 is 3.40. The van der Waals surface area contributed by atoms with Gasteiger partial charge in [0.15, 0.2) is 0 Å². The quantitative estimate of drug-likeness (QED) is 0.772. The van der Waals surface area contributed by atoms with Crippen LogP contribution in [0, 0.1) is 0 Å². The Labute approximate surface area is 122 Å². The normalized spacial score (nSPS) is 12.2. The highest BCUT2D eigenvalue weighted by molar-refractivity contribution is 9.10. The zero-order chi connectivity index (χ0) is 13.8. The highest BCUT2D eigenvalue weighted by Crippen LogP contribution is 2.35. The first-order valence-electron chi connectivity index (χ1n) is 6.43. The summed E-state index contributed by atoms with van der Waals surface area (Å²) in [5.74, 6) is 2.04. The number of hydrogen-bond donors (Lipinski definition) is 1. The van der Waals surface area contributed by atoms with Crippen LogP contribution in [0.3, 0.4) is 0 Å². The third kappa shape index (κ3) is 3.29. The summed E-state index contributed by atoms with van der Waals surface area (Å²) in [6.07, 6.45) is 1.08. The first kappa shape index (κ1) is 13.9. The maximum Gasteiger partial charge on any atom is 0.150 e. The van der Waals surface area contributed by atoms with Gasteiger partial charge in [-0.25, -0.2) is 0 Å². The molecule has 2 rings (SSSR count). The lowest BCUT2D eigenvalue weighted by atomic mass is 9.98. The fourth-order valence-corrected chi connectivity index (χ4v) is 2.31. The minimum absolute atomic E-state index is 0.466. The number of hydrogen-bond acceptors (Lipinski definition) is 2. The van der Waals surface area contributed by atoms with E-state index in [4.69, 9.17) is 10.5 Å². The number of nitrogen functional groups attached to an aromatic ring is 1. The predicted octanol–water partition coefficient (Wildman–Crippen LogP) is 5.34. The Balaban J connectivity index is 2.33. The van der Waals surface area contributed by atoms with Gasteiger partial charge in [0.1, 0.15) is 11.5 Å². The molecule has 0 amide bonds. The number of anilines is 1. The van der Waals surface area contributed by atoms with E-state index in [0.29, 0.717) is 17.4 Å². The van der Waals surface area contributed by atoms with Gasteiger partial charge >= 0.3 is 0 Å². The Hall–Kier alpha value is -1.48. The summed E-state index contributed by atoms with van der Waals surface area (Å²) in [6, 6.07) is 13.8. The molecule has 0 heterocycles. The SMILES string of the molecule is CCC(C)c1ccccc1Oc1ccc(Br)cc1N. The number of ether oxygens (including phenoxy) is 1. The Morgan fingerprint density at radius 1 is 1.16 bits per heavy atom. The van der Waals surface area contributed by atoms with Gasteiger partial charge in [-0.1, -0.05) is 48.0 Å². The van der Waals surface area contributed by atoms with E-state index in [9.17, 15) is 0 Å². The predicted molar refractivity (Wildman–Crippen MR) is 83.8 cm³/mol. The van der Waals surface area contributed by atoms with E-state index in [1.54, 1.807) is 0 Å². The van der Waals surface area contributed by atoms with Crippen molar-refractivity contribution in [3.05, 3.63) is 52.5 Å². The van der Waals surface area contributed by atoms with Crippen LogP contribution in [0.15, 0.2) is 46.9 Å². The molecular weight excluding hydrogens is 302 g/mol. The van der Waals surface area contributed by atoms with Crippen molar-refractivity contribution in [1.29, 1.82) is 0 Å². The van der Waals surface area contributed by atoms with Crippen LogP contribution in [-0.2, 0) is 0 Å². The van der Waals surface area contributed by atoms with Crippen molar-refractivity contribution < 1.29 is 4.74 Å². The lowest BCUT2D eigenvalue weighted by molar-refractivity contribution is 0.472. The minimum Gasteiger partial charge on any atom is -0.455 e. The third-order valence-corrected chi connectivity index (χ3v) is 3.75. The third-order valence-electron chi connectivity index (χ3n) is 3.25. The summed E-state index contributed by atoms with van der Waals surface area (Å²) in [7, 11) is 0. The van der Waals surface area contributed by atoms with Gasteiger partial charge < -0.3 is 10.5 Å². The molecule has 2 nitrogen and oxygen atoms in total. The second kappa shape index (κ2) is 6.11. The van der Waals surface area contributed by atoms with Crippen molar-refractivity contribution in [2.45, 2.75) is 26.2 Å². The summed E-state index contributed by atoms with van der Waals surface area (Å²) in [5, 5.41) is 0. The Kier molecular flexibility index (Phi) is 4.48. The van der Waals surface area contributed by atoms with E-state index >= 15 is 0 Å². The van der Waals surface area contributed by atoms with E-state index in [0.717, 1.165) is 16.6 Å². The average molecular weight is 320 g/mol. The van der Waals surface area contributed by atoms with Crippen LogP contribution < -0.4 is 10.5 Å². The van der Waals surface area contributed by atoms with Crippen molar-refractivity contribution in [3.8, 4) is 11.5 Å². The number of rotatable bonds is 4. The molecule has 0 aliphatic rings. The largest absolute Gasteiger partial charge is 0.455 e. The van der Waals surface area contributed by atoms with Crippen LogP contribution in [0.4, 0.5) is 5.69 Å². The van der Waals surface area contributed by atoms with Gasteiger partial charge in [-0.3, -0.25) is 0 Å². The smallest absolute Gasteiger partial charge is 0.150 e. The summed E-state index contributed by atoms with van der Waals surface area (Å²) < 4.78 is 6.92. The van der Waals surface area contributed by atoms with Crippen LogP contribution in [0.25, 0.3) is 0 Å². The maximum absolute atomic E-state index is 5.97. The van der Waals surface area contributed by atoms with Gasteiger partial charge in [0.25, 0.3) is 0 Å². The molecule has 0 fully saturated rings. The first-order chi connectivity index (χ1) is 9.11. The highest BCUT2D eigenvalue weighted by Gasteiger charge is 2.11. The molecule has 0 saturated carbocycles. The van der Waals surface area contributed by atoms with E-state index in [1.165, 1.54) is 5.56 Å². The fourth-order valence-electron chi connectivity index (χ4n) is 1.93. The molecule has 0 saturated heterocycles. The van der Waals surface area contributed by atoms with Crippen molar-refractivity contribution >= 4 is 21.6 Å². The highest BCUT2D eigenvalue weighted by atomic mass is 79.9. The molecule has 3 heteroatoms. The molecule has 2 aromatic rings. The fraction of sp³-hybridized carbons (Fsp3) is 0.250. The van der Waals surface area contributed by atoms with Crippen LogP contribution in [0.1, 0.15) is 31.7 Å². The standard InChI is InChI=1S/C16H18BrNO/c1-3-11(2)13-6-4-5-7-15(13)19-16-9-8-12(17)10-14(16)18/h4-11H,3,18H2,1-2H3. The molecule has 0 radical (unpaired) electrons. The van der Waals surface area contributed by atoms with Gasteiger partial charge in [-0.2, -0.15) is 0 Å². The summed E-state index contributed by atoms with van der Waals surface area (Å²) in [6.45, 7) is 4.38. The number of nitrogens with two attached hydrogens (primary N) is 1. The Morgan fingerprint density at radius 2 is 1.89 bits per heavy atom. The van der Waals surface area contributed by atoms with E-state index in [1.807, 2.05) is 36.4 Å². The van der Waals surface area contributed by atoms with E-state index in [-0.39, 0.29) is 0 Å². The van der Waals surface area contributed by atoms with Crippen molar-refractivity contribution in [3.63, 3.8) is 0 Å². The zero-order valence-electron chi connectivity index (χ0n) is 11.2. The Morgan fingerprint density at radius 3 is 2.58 bits per heavy atom. The van der Waals surface area contributed by atoms with Gasteiger partial charge in [0.2, 0.25) is 0 Å². The summed E-state index contributed by atoms with van der Waals surface area (Å²) in [5.41, 5.74) is 7.82. The average Bonchev–Trinajstić information content (AvgIpc) is 2.41. The molecule has 100 valence electrons. The van der Waals surface area contributed by atoms with Crippen molar-refractivity contribution in [2.24, 2.45) is 0 Å². The van der Waals surface area contributed by atoms with Crippen LogP contribution >= 0.6 is 15.9 Å². The molecule has 1 unspecified atom stereocenters. The molecule has 0 aliphatic heterocycles. The topological polar surface area (TPSA) is 35.2 Å². The van der Waals surface area contributed by atoms with Crippen molar-refractivity contribution in [2.75, 3.05) is 5.73 Å². The molecule has 2 aromatic carbocycles. The number of benzene rings is 2. The zero-order valence-corrected chi connectivity index (χ0v) is 12.8. The van der Waals surface area contributed by atoms with Gasteiger partial charge in [0, 0.05) is 4.47 Å². The van der Waals surface area contributed by atoms with Crippen LogP contribution in [-0.4, -0.2) is 0 Å². The van der Waals surface area contributed by atoms with Gasteiger partial charge in [0.05, 0.1) is 5.69 Å². The molecule has 0 aliphatic carbocycles. The minimum atomic E-state index is 0.466. The lowest BCUT2D eigenvalue weighted by Gasteiger charge is -2.16. The van der Waals surface area contributed by atoms with E-state index in [2.05, 4.69) is 35.8 Å². The first-order valence-corrected chi connectivity index (χ1v) is 7.23. The lowest BCUT2D eigenvalue weighted by Crippen LogP contribution is -1.98. The van der Waals surface area contributed by atoms with Crippen LogP contribution in [0.2, 0.25) is 0 Å². The second-order valence-corrected chi connectivity index (χ2v) is 5.55. The molecular formula is C16H18BrNO. The van der Waals surface area contributed by atoms with Gasteiger partial charge in [-0.15, -0.1) is 0 Å². The number of halogens is 1. The Bertz CT molecular complexity index is 568. The monoisotopic (exact) mass is 319 g/mol. The van der Waals surface area contributed by atoms with Crippen LogP contribution in [0.5, 0.6) is 11.5 Å². The molecule has 2 N–H and O–H groups in total. The summed E-state index contributed by atoms with van der Waals surface area (Å²) in [4.78, 5) is 0. The molecule has 0 aromatic heterocycles. The molecule has 1 atom stereocenters. The van der Waals surface area contributed by atoms with Crippen molar-refractivity contribution in [1.82, 2.24) is 0 Å². The molecule has 0 bridgehead atoms. The van der Waals surface area contributed by atoms with E-state index < -0.39 is 0 Å². The second-order valence-electron chi connectivity index (χ2n) is 4.63. The maximum atomic E-state index is 5.97. The number of para-hydroxylation sites is 1. The van der Waals surface area contributed by atoms with Gasteiger partial charge in [-0.05, 0) is 42.2 Å². The molecule has 0 spiro atoms.